The molecule has 1 atom stereocenters. The molecule has 0 fully saturated rings. The normalized spacial score (nSPS) is 12.5. The van der Waals surface area contributed by atoms with Gasteiger partial charge in [-0.25, -0.2) is 0 Å². The van der Waals surface area contributed by atoms with Crippen molar-refractivity contribution >= 4 is 47.8 Å². The van der Waals surface area contributed by atoms with Crippen molar-refractivity contribution < 1.29 is 5.11 Å². The lowest BCUT2D eigenvalue weighted by molar-refractivity contribution is 0.218. The van der Waals surface area contributed by atoms with Crippen molar-refractivity contribution in [1.29, 1.82) is 0 Å². The molecule has 0 spiro atoms. The number of aliphatic hydroxyl groups excluding tert-OH is 1. The van der Waals surface area contributed by atoms with Crippen LogP contribution >= 0.6 is 47.8 Å². The zero-order valence-electron chi connectivity index (χ0n) is 10.5. The van der Waals surface area contributed by atoms with Gasteiger partial charge in [0.2, 0.25) is 0 Å². The van der Waals surface area contributed by atoms with Crippen molar-refractivity contribution in [3.05, 3.63) is 66.0 Å². The molecule has 100 valence electrons. The Bertz CT molecular complexity index is 623. The molecule has 0 bridgehead atoms. The number of halogens is 3. The summed E-state index contributed by atoms with van der Waals surface area (Å²) in [7, 11) is 0. The Hall–Kier alpha value is -0.160. The minimum absolute atomic E-state index is 0.649. The Morgan fingerprint density at radius 1 is 0.842 bits per heavy atom. The van der Waals surface area contributed by atoms with Crippen LogP contribution in [0.3, 0.4) is 0 Å². The van der Waals surface area contributed by atoms with Gasteiger partial charge in [0.25, 0.3) is 0 Å². The molecule has 0 amide bonds. The lowest BCUT2D eigenvalue weighted by atomic mass is 9.97. The van der Waals surface area contributed by atoms with Gasteiger partial charge in [-0.3, -0.25) is 0 Å². The fraction of sp³-hybridized carbons (Fsp3) is 0.200. The van der Waals surface area contributed by atoms with Gasteiger partial charge in [-0.05, 0) is 54.8 Å². The largest absolute Gasteiger partial charge is 0.384 e. The molecule has 0 saturated carbocycles. The van der Waals surface area contributed by atoms with Gasteiger partial charge in [-0.1, -0.05) is 53.9 Å². The van der Waals surface area contributed by atoms with E-state index in [0.29, 0.717) is 0 Å². The lowest BCUT2D eigenvalue weighted by Gasteiger charge is -2.17. The average Bonchev–Trinajstić information content (AvgIpc) is 2.36. The summed E-state index contributed by atoms with van der Waals surface area (Å²) < 4.78 is 2.88. The number of aryl methyl sites for hydroxylation is 2. The van der Waals surface area contributed by atoms with E-state index in [9.17, 15) is 5.11 Å². The summed E-state index contributed by atoms with van der Waals surface area (Å²) in [6.07, 6.45) is -0.649. The van der Waals surface area contributed by atoms with Crippen LogP contribution in [0.1, 0.15) is 28.4 Å². The number of rotatable bonds is 2. The maximum atomic E-state index is 10.6. The zero-order chi connectivity index (χ0) is 14.2. The van der Waals surface area contributed by atoms with Crippen molar-refractivity contribution in [2.24, 2.45) is 0 Å². The van der Waals surface area contributed by atoms with Crippen LogP contribution in [0.25, 0.3) is 0 Å². The second-order valence-corrected chi connectivity index (χ2v) is 7.15. The maximum absolute atomic E-state index is 10.6. The molecule has 2 aromatic rings. The third-order valence-corrected chi connectivity index (χ3v) is 5.14. The Balaban J connectivity index is 2.52. The summed E-state index contributed by atoms with van der Waals surface area (Å²) in [5.74, 6) is 0. The molecule has 0 aliphatic heterocycles. The van der Waals surface area contributed by atoms with E-state index >= 15 is 0 Å². The van der Waals surface area contributed by atoms with E-state index in [4.69, 9.17) is 0 Å². The minimum atomic E-state index is -0.649. The van der Waals surface area contributed by atoms with Crippen LogP contribution in [-0.2, 0) is 0 Å². The second-order valence-electron chi connectivity index (χ2n) is 4.53. The molecule has 0 aliphatic carbocycles. The van der Waals surface area contributed by atoms with Crippen LogP contribution in [0.15, 0.2) is 43.7 Å². The number of hydrogen-bond donors (Lipinski definition) is 1. The van der Waals surface area contributed by atoms with Gasteiger partial charge in [0.15, 0.2) is 0 Å². The summed E-state index contributed by atoms with van der Waals surface area (Å²) in [6.45, 7) is 4.03. The van der Waals surface area contributed by atoms with Crippen molar-refractivity contribution in [2.75, 3.05) is 0 Å². The first-order valence-electron chi connectivity index (χ1n) is 5.80. The van der Waals surface area contributed by atoms with E-state index < -0.39 is 6.10 Å². The van der Waals surface area contributed by atoms with E-state index in [1.165, 1.54) is 0 Å². The van der Waals surface area contributed by atoms with Gasteiger partial charge in [0, 0.05) is 19.0 Å². The quantitative estimate of drug-likeness (QED) is 0.627. The van der Waals surface area contributed by atoms with E-state index in [2.05, 4.69) is 47.8 Å². The van der Waals surface area contributed by atoms with Gasteiger partial charge < -0.3 is 5.11 Å². The molecule has 0 radical (unpaired) electrons. The van der Waals surface area contributed by atoms with Crippen LogP contribution in [0.2, 0.25) is 0 Å². The summed E-state index contributed by atoms with van der Waals surface area (Å²) in [4.78, 5) is 0. The SMILES string of the molecule is Cc1cc(Br)c(C(O)c2cc(Br)ccc2C)cc1Br. The molecule has 4 heteroatoms. The van der Waals surface area contributed by atoms with Crippen molar-refractivity contribution in [1.82, 2.24) is 0 Å². The van der Waals surface area contributed by atoms with Crippen LogP contribution < -0.4 is 0 Å². The summed E-state index contributed by atoms with van der Waals surface area (Å²) >= 11 is 10.5. The predicted molar refractivity (Wildman–Crippen MR) is 89.5 cm³/mol. The topological polar surface area (TPSA) is 20.2 Å². The molecule has 1 N–H and O–H groups in total. The van der Waals surface area contributed by atoms with Crippen LogP contribution in [0.5, 0.6) is 0 Å². The van der Waals surface area contributed by atoms with Gasteiger partial charge in [0.1, 0.15) is 6.10 Å². The molecule has 19 heavy (non-hydrogen) atoms. The highest BCUT2D eigenvalue weighted by Gasteiger charge is 2.17. The van der Waals surface area contributed by atoms with Crippen molar-refractivity contribution in [3.63, 3.8) is 0 Å². The number of aliphatic hydroxyl groups is 1. The smallest absolute Gasteiger partial charge is 0.105 e. The monoisotopic (exact) mass is 446 g/mol. The first kappa shape index (κ1) is 15.2. The van der Waals surface area contributed by atoms with Gasteiger partial charge in [-0.15, -0.1) is 0 Å². The van der Waals surface area contributed by atoms with Gasteiger partial charge >= 0.3 is 0 Å². The molecule has 0 aromatic heterocycles. The fourth-order valence-corrected chi connectivity index (χ4v) is 3.36. The predicted octanol–water partition coefficient (Wildman–Crippen LogP) is 5.67. The van der Waals surface area contributed by atoms with Gasteiger partial charge in [-0.2, -0.15) is 0 Å². The maximum Gasteiger partial charge on any atom is 0.105 e. The minimum Gasteiger partial charge on any atom is -0.384 e. The Morgan fingerprint density at radius 3 is 2.21 bits per heavy atom. The molecular weight excluding hydrogens is 436 g/mol. The molecule has 0 saturated heterocycles. The highest BCUT2D eigenvalue weighted by atomic mass is 79.9. The molecule has 2 rings (SSSR count). The highest BCUT2D eigenvalue weighted by Crippen LogP contribution is 2.34. The number of benzene rings is 2. The highest BCUT2D eigenvalue weighted by molar-refractivity contribution is 9.11. The third-order valence-electron chi connectivity index (χ3n) is 3.11. The van der Waals surface area contributed by atoms with Crippen molar-refractivity contribution in [3.8, 4) is 0 Å². The van der Waals surface area contributed by atoms with E-state index in [1.54, 1.807) is 0 Å². The van der Waals surface area contributed by atoms with E-state index in [1.807, 2.05) is 44.2 Å². The van der Waals surface area contributed by atoms with E-state index in [0.717, 1.165) is 35.7 Å². The van der Waals surface area contributed by atoms with Crippen LogP contribution in [-0.4, -0.2) is 5.11 Å². The molecule has 0 heterocycles. The first-order chi connectivity index (χ1) is 8.90. The van der Waals surface area contributed by atoms with Crippen LogP contribution in [0, 0.1) is 13.8 Å². The Labute approximate surface area is 138 Å². The zero-order valence-corrected chi connectivity index (χ0v) is 15.3. The summed E-state index contributed by atoms with van der Waals surface area (Å²) in [5.41, 5.74) is 3.97. The van der Waals surface area contributed by atoms with Crippen LogP contribution in [0.4, 0.5) is 0 Å². The standard InChI is InChI=1S/C15H13Br3O/c1-8-3-4-10(16)6-11(8)15(19)12-7-13(17)9(2)5-14(12)18/h3-7,15,19H,1-2H3. The Kier molecular flexibility index (Phi) is 4.88. The number of hydrogen-bond acceptors (Lipinski definition) is 1. The third kappa shape index (κ3) is 3.30. The summed E-state index contributed by atoms with van der Waals surface area (Å²) in [5, 5.41) is 10.6. The van der Waals surface area contributed by atoms with Gasteiger partial charge in [0.05, 0.1) is 0 Å². The van der Waals surface area contributed by atoms with Crippen molar-refractivity contribution in [2.45, 2.75) is 20.0 Å². The van der Waals surface area contributed by atoms with E-state index in [-0.39, 0.29) is 0 Å². The lowest BCUT2D eigenvalue weighted by Crippen LogP contribution is -2.03. The second kappa shape index (κ2) is 6.08. The average molecular weight is 449 g/mol. The molecule has 2 aromatic carbocycles. The summed E-state index contributed by atoms with van der Waals surface area (Å²) in [6, 6.07) is 9.91. The first-order valence-corrected chi connectivity index (χ1v) is 8.17. The molecule has 1 unspecified atom stereocenters. The fourth-order valence-electron chi connectivity index (χ4n) is 1.94. The molecular formula is C15H13Br3O. The molecule has 0 aliphatic rings. The molecule has 1 nitrogen and oxygen atoms in total. The Morgan fingerprint density at radius 2 is 1.53 bits per heavy atom.